The Morgan fingerprint density at radius 1 is 1.14 bits per heavy atom. The van der Waals surface area contributed by atoms with Crippen molar-refractivity contribution in [2.45, 2.75) is 64.3 Å². The van der Waals surface area contributed by atoms with E-state index in [1.807, 2.05) is 0 Å². The fourth-order valence-corrected chi connectivity index (χ4v) is 3.94. The second-order valence-corrected chi connectivity index (χ2v) is 6.78. The number of hydrogen-bond donors (Lipinski definition) is 1. The van der Waals surface area contributed by atoms with Crippen molar-refractivity contribution < 1.29 is 4.74 Å². The fourth-order valence-electron chi connectivity index (χ4n) is 3.94. The van der Waals surface area contributed by atoms with Gasteiger partial charge in [0.15, 0.2) is 0 Å². The molecule has 1 aromatic carbocycles. The van der Waals surface area contributed by atoms with E-state index in [0.717, 1.165) is 31.2 Å². The van der Waals surface area contributed by atoms with Crippen LogP contribution in [0.5, 0.6) is 5.75 Å². The summed E-state index contributed by atoms with van der Waals surface area (Å²) in [4.78, 5) is 0. The number of hydrogen-bond acceptors (Lipinski definition) is 2. The molecule has 1 aliphatic heterocycles. The first-order chi connectivity index (χ1) is 10.3. The molecule has 1 atom stereocenters. The minimum atomic E-state index is 0.478. The molecule has 0 radical (unpaired) electrons. The molecule has 1 aromatic rings. The van der Waals surface area contributed by atoms with Gasteiger partial charge in [-0.25, -0.2) is 0 Å². The molecule has 3 rings (SSSR count). The average molecular weight is 287 g/mol. The minimum Gasteiger partial charge on any atom is -0.493 e. The van der Waals surface area contributed by atoms with Crippen molar-refractivity contribution in [2.75, 3.05) is 13.2 Å². The van der Waals surface area contributed by atoms with Crippen LogP contribution in [0, 0.1) is 12.8 Å². The molecule has 1 aliphatic carbocycles. The SMILES string of the molecule is Cc1cccc2c1OCCCC2NCCCC1CCCC1. The van der Waals surface area contributed by atoms with E-state index in [2.05, 4.69) is 30.4 Å². The molecule has 1 N–H and O–H groups in total. The molecule has 116 valence electrons. The Morgan fingerprint density at radius 2 is 2.00 bits per heavy atom. The van der Waals surface area contributed by atoms with Gasteiger partial charge in [0.25, 0.3) is 0 Å². The second-order valence-electron chi connectivity index (χ2n) is 6.78. The van der Waals surface area contributed by atoms with Gasteiger partial charge in [0, 0.05) is 11.6 Å². The zero-order valence-electron chi connectivity index (χ0n) is 13.4. The van der Waals surface area contributed by atoms with Gasteiger partial charge in [-0.3, -0.25) is 0 Å². The van der Waals surface area contributed by atoms with Gasteiger partial charge in [-0.05, 0) is 50.6 Å². The van der Waals surface area contributed by atoms with E-state index in [-0.39, 0.29) is 0 Å². The zero-order chi connectivity index (χ0) is 14.5. The third-order valence-electron chi connectivity index (χ3n) is 5.16. The normalized spacial score (nSPS) is 22.6. The zero-order valence-corrected chi connectivity index (χ0v) is 13.4. The molecule has 0 bridgehead atoms. The largest absolute Gasteiger partial charge is 0.493 e. The molecule has 0 saturated heterocycles. The Morgan fingerprint density at radius 3 is 2.86 bits per heavy atom. The van der Waals surface area contributed by atoms with Crippen molar-refractivity contribution >= 4 is 0 Å². The van der Waals surface area contributed by atoms with Gasteiger partial charge in [-0.1, -0.05) is 43.9 Å². The minimum absolute atomic E-state index is 0.478. The van der Waals surface area contributed by atoms with E-state index < -0.39 is 0 Å². The van der Waals surface area contributed by atoms with Crippen molar-refractivity contribution in [3.8, 4) is 5.75 Å². The van der Waals surface area contributed by atoms with Crippen LogP contribution >= 0.6 is 0 Å². The Bertz CT molecular complexity index is 451. The summed E-state index contributed by atoms with van der Waals surface area (Å²) in [6, 6.07) is 7.03. The van der Waals surface area contributed by atoms with E-state index in [0.29, 0.717) is 6.04 Å². The lowest BCUT2D eigenvalue weighted by Crippen LogP contribution is -2.22. The number of rotatable bonds is 5. The summed E-state index contributed by atoms with van der Waals surface area (Å²) in [5.74, 6) is 2.14. The van der Waals surface area contributed by atoms with Crippen LogP contribution in [0.25, 0.3) is 0 Å². The topological polar surface area (TPSA) is 21.3 Å². The number of ether oxygens (including phenoxy) is 1. The Kier molecular flexibility index (Phi) is 5.18. The van der Waals surface area contributed by atoms with E-state index in [1.54, 1.807) is 0 Å². The Balaban J connectivity index is 1.54. The van der Waals surface area contributed by atoms with Crippen molar-refractivity contribution in [2.24, 2.45) is 5.92 Å². The van der Waals surface area contributed by atoms with Crippen molar-refractivity contribution in [1.82, 2.24) is 5.32 Å². The number of para-hydroxylation sites is 1. The molecular formula is C19H29NO. The predicted octanol–water partition coefficient (Wildman–Crippen LogP) is 4.77. The third-order valence-corrected chi connectivity index (χ3v) is 5.16. The molecule has 1 unspecified atom stereocenters. The van der Waals surface area contributed by atoms with Crippen molar-refractivity contribution in [1.29, 1.82) is 0 Å². The third kappa shape index (κ3) is 3.79. The summed E-state index contributed by atoms with van der Waals surface area (Å²) in [5, 5.41) is 3.79. The first kappa shape index (κ1) is 14.9. The van der Waals surface area contributed by atoms with Crippen LogP contribution < -0.4 is 10.1 Å². The lowest BCUT2D eigenvalue weighted by atomic mass is 9.98. The molecule has 21 heavy (non-hydrogen) atoms. The monoisotopic (exact) mass is 287 g/mol. The molecule has 0 aromatic heterocycles. The molecular weight excluding hydrogens is 258 g/mol. The summed E-state index contributed by atoms with van der Waals surface area (Å²) in [6.07, 6.45) is 10.9. The lowest BCUT2D eigenvalue weighted by Gasteiger charge is -2.20. The summed E-state index contributed by atoms with van der Waals surface area (Å²) < 4.78 is 5.96. The maximum absolute atomic E-state index is 5.96. The van der Waals surface area contributed by atoms with E-state index in [9.17, 15) is 0 Å². The number of benzene rings is 1. The number of fused-ring (bicyclic) bond motifs is 1. The van der Waals surface area contributed by atoms with Gasteiger partial charge in [0.1, 0.15) is 5.75 Å². The molecule has 2 aliphatic rings. The lowest BCUT2D eigenvalue weighted by molar-refractivity contribution is 0.313. The van der Waals surface area contributed by atoms with E-state index in [1.165, 1.54) is 56.1 Å². The average Bonchev–Trinajstić information content (AvgIpc) is 2.91. The summed E-state index contributed by atoms with van der Waals surface area (Å²) >= 11 is 0. The second kappa shape index (κ2) is 7.31. The van der Waals surface area contributed by atoms with Crippen molar-refractivity contribution in [3.05, 3.63) is 29.3 Å². The highest BCUT2D eigenvalue weighted by atomic mass is 16.5. The number of nitrogens with one attached hydrogen (secondary N) is 1. The smallest absolute Gasteiger partial charge is 0.126 e. The van der Waals surface area contributed by atoms with Gasteiger partial charge in [0.2, 0.25) is 0 Å². The van der Waals surface area contributed by atoms with Crippen LogP contribution in [0.2, 0.25) is 0 Å². The Hall–Kier alpha value is -1.02. The first-order valence-electron chi connectivity index (χ1n) is 8.80. The van der Waals surface area contributed by atoms with Gasteiger partial charge >= 0.3 is 0 Å². The van der Waals surface area contributed by atoms with Crippen LogP contribution in [-0.4, -0.2) is 13.2 Å². The highest BCUT2D eigenvalue weighted by Gasteiger charge is 2.20. The van der Waals surface area contributed by atoms with Gasteiger partial charge in [-0.2, -0.15) is 0 Å². The van der Waals surface area contributed by atoms with Gasteiger partial charge in [-0.15, -0.1) is 0 Å². The summed E-state index contributed by atoms with van der Waals surface area (Å²) in [7, 11) is 0. The summed E-state index contributed by atoms with van der Waals surface area (Å²) in [5.41, 5.74) is 2.64. The Labute approximate surface area is 129 Å². The van der Waals surface area contributed by atoms with Crippen LogP contribution in [0.3, 0.4) is 0 Å². The van der Waals surface area contributed by atoms with Crippen LogP contribution in [-0.2, 0) is 0 Å². The molecule has 2 nitrogen and oxygen atoms in total. The maximum atomic E-state index is 5.96. The molecule has 0 amide bonds. The maximum Gasteiger partial charge on any atom is 0.126 e. The molecule has 1 fully saturated rings. The van der Waals surface area contributed by atoms with Crippen molar-refractivity contribution in [3.63, 3.8) is 0 Å². The predicted molar refractivity (Wildman–Crippen MR) is 87.8 cm³/mol. The van der Waals surface area contributed by atoms with Gasteiger partial charge < -0.3 is 10.1 Å². The molecule has 1 saturated carbocycles. The number of aryl methyl sites for hydroxylation is 1. The van der Waals surface area contributed by atoms with E-state index >= 15 is 0 Å². The van der Waals surface area contributed by atoms with Crippen LogP contribution in [0.4, 0.5) is 0 Å². The van der Waals surface area contributed by atoms with E-state index in [4.69, 9.17) is 4.74 Å². The molecule has 0 spiro atoms. The van der Waals surface area contributed by atoms with Gasteiger partial charge in [0.05, 0.1) is 6.61 Å². The highest BCUT2D eigenvalue weighted by molar-refractivity contribution is 5.43. The quantitative estimate of drug-likeness (QED) is 0.788. The van der Waals surface area contributed by atoms with Crippen LogP contribution in [0.1, 0.15) is 68.5 Å². The standard InChI is InChI=1S/C19H29NO/c1-15-7-4-11-17-18(12-6-14-21-19(15)17)20-13-5-10-16-8-2-3-9-16/h4,7,11,16,18,20H,2-3,5-6,8-10,12-14H2,1H3. The highest BCUT2D eigenvalue weighted by Crippen LogP contribution is 2.34. The first-order valence-corrected chi connectivity index (χ1v) is 8.80. The van der Waals surface area contributed by atoms with Crippen LogP contribution in [0.15, 0.2) is 18.2 Å². The molecule has 1 heterocycles. The fraction of sp³-hybridized carbons (Fsp3) is 0.684. The summed E-state index contributed by atoms with van der Waals surface area (Å²) in [6.45, 7) is 4.16. The molecule has 2 heteroatoms.